The first-order chi connectivity index (χ1) is 8.69. The summed E-state index contributed by atoms with van der Waals surface area (Å²) in [4.78, 5) is 0. The average Bonchev–Trinajstić information content (AvgIpc) is 2.36. The van der Waals surface area contributed by atoms with Gasteiger partial charge in [-0.25, -0.2) is 4.39 Å². The molecular weight excluding hydrogens is 227 g/mol. The van der Waals surface area contributed by atoms with Crippen LogP contribution in [0.5, 0.6) is 0 Å². The van der Waals surface area contributed by atoms with Crippen molar-refractivity contribution in [2.75, 3.05) is 0 Å². The lowest BCUT2D eigenvalue weighted by atomic mass is 9.98. The Bertz CT molecular complexity index is 525. The smallest absolute Gasteiger partial charge is 0.123 e. The molecule has 2 aromatic carbocycles. The Labute approximate surface area is 107 Å². The van der Waals surface area contributed by atoms with Crippen LogP contribution in [0.1, 0.15) is 22.7 Å². The molecule has 2 nitrogen and oxygen atoms in total. The summed E-state index contributed by atoms with van der Waals surface area (Å²) >= 11 is 0. The van der Waals surface area contributed by atoms with Gasteiger partial charge in [0.1, 0.15) is 5.82 Å². The van der Waals surface area contributed by atoms with Crippen molar-refractivity contribution in [1.82, 2.24) is 5.43 Å². The molecule has 0 aromatic heterocycles. The van der Waals surface area contributed by atoms with Crippen LogP contribution in [0.2, 0.25) is 0 Å². The first-order valence-electron chi connectivity index (χ1n) is 5.96. The van der Waals surface area contributed by atoms with Gasteiger partial charge in [-0.2, -0.15) is 0 Å². The molecule has 2 aromatic rings. The van der Waals surface area contributed by atoms with E-state index in [9.17, 15) is 4.39 Å². The number of nitrogens with two attached hydrogens (primary N) is 1. The van der Waals surface area contributed by atoms with Gasteiger partial charge in [0.15, 0.2) is 0 Å². The SMILES string of the molecule is Cc1cccc(C(Cc2cccc(F)c2)NN)c1. The summed E-state index contributed by atoms with van der Waals surface area (Å²) < 4.78 is 13.1. The molecule has 0 radical (unpaired) electrons. The minimum absolute atomic E-state index is 0.00769. The molecule has 3 N–H and O–H groups in total. The second kappa shape index (κ2) is 5.76. The molecular formula is C15H17FN2. The Balaban J connectivity index is 2.19. The normalized spacial score (nSPS) is 12.4. The quantitative estimate of drug-likeness (QED) is 0.641. The third-order valence-electron chi connectivity index (χ3n) is 2.97. The summed E-state index contributed by atoms with van der Waals surface area (Å²) in [6, 6.07) is 14.8. The molecule has 3 heteroatoms. The van der Waals surface area contributed by atoms with Crippen LogP contribution in [0.4, 0.5) is 4.39 Å². The van der Waals surface area contributed by atoms with Gasteiger partial charge in [-0.3, -0.25) is 11.3 Å². The maximum Gasteiger partial charge on any atom is 0.123 e. The van der Waals surface area contributed by atoms with Crippen molar-refractivity contribution < 1.29 is 4.39 Å². The van der Waals surface area contributed by atoms with Crippen molar-refractivity contribution >= 4 is 0 Å². The molecule has 94 valence electrons. The van der Waals surface area contributed by atoms with E-state index in [1.165, 1.54) is 11.6 Å². The van der Waals surface area contributed by atoms with E-state index in [1.54, 1.807) is 12.1 Å². The maximum atomic E-state index is 13.1. The van der Waals surface area contributed by atoms with Gasteiger partial charge in [0, 0.05) is 6.04 Å². The van der Waals surface area contributed by atoms with Crippen LogP contribution < -0.4 is 11.3 Å². The number of hydrogen-bond acceptors (Lipinski definition) is 2. The van der Waals surface area contributed by atoms with Crippen LogP contribution in [0.15, 0.2) is 48.5 Å². The highest BCUT2D eigenvalue weighted by Gasteiger charge is 2.10. The Morgan fingerprint density at radius 1 is 1.17 bits per heavy atom. The fourth-order valence-corrected chi connectivity index (χ4v) is 2.06. The van der Waals surface area contributed by atoms with E-state index in [0.29, 0.717) is 6.42 Å². The molecule has 0 aliphatic rings. The lowest BCUT2D eigenvalue weighted by Crippen LogP contribution is -2.29. The maximum absolute atomic E-state index is 13.1. The van der Waals surface area contributed by atoms with Gasteiger partial charge >= 0.3 is 0 Å². The molecule has 0 fully saturated rings. The molecule has 0 amide bonds. The number of rotatable bonds is 4. The van der Waals surface area contributed by atoms with Crippen molar-refractivity contribution in [2.24, 2.45) is 5.84 Å². The Morgan fingerprint density at radius 3 is 2.61 bits per heavy atom. The number of hydrazine groups is 1. The monoisotopic (exact) mass is 244 g/mol. The second-order valence-electron chi connectivity index (χ2n) is 4.47. The minimum Gasteiger partial charge on any atom is -0.271 e. The van der Waals surface area contributed by atoms with E-state index in [-0.39, 0.29) is 11.9 Å². The van der Waals surface area contributed by atoms with Gasteiger partial charge in [0.25, 0.3) is 0 Å². The summed E-state index contributed by atoms with van der Waals surface area (Å²) in [5.74, 6) is 5.38. The van der Waals surface area contributed by atoms with Crippen molar-refractivity contribution in [3.63, 3.8) is 0 Å². The summed E-state index contributed by atoms with van der Waals surface area (Å²) in [5, 5.41) is 0. The standard InChI is InChI=1S/C15H17FN2/c1-11-4-2-6-13(8-11)15(18-17)10-12-5-3-7-14(16)9-12/h2-9,15,18H,10,17H2,1H3. The fraction of sp³-hybridized carbons (Fsp3) is 0.200. The lowest BCUT2D eigenvalue weighted by Gasteiger charge is -2.17. The van der Waals surface area contributed by atoms with Crippen LogP contribution in [-0.4, -0.2) is 0 Å². The Hall–Kier alpha value is -1.71. The van der Waals surface area contributed by atoms with Crippen molar-refractivity contribution in [1.29, 1.82) is 0 Å². The molecule has 0 aliphatic carbocycles. The largest absolute Gasteiger partial charge is 0.271 e. The third-order valence-corrected chi connectivity index (χ3v) is 2.97. The zero-order valence-electron chi connectivity index (χ0n) is 10.4. The zero-order chi connectivity index (χ0) is 13.0. The van der Waals surface area contributed by atoms with Crippen molar-refractivity contribution in [3.05, 3.63) is 71.0 Å². The molecule has 1 atom stereocenters. The average molecular weight is 244 g/mol. The van der Waals surface area contributed by atoms with Gasteiger partial charge in [0.2, 0.25) is 0 Å². The molecule has 0 spiro atoms. The fourth-order valence-electron chi connectivity index (χ4n) is 2.06. The van der Waals surface area contributed by atoms with Gasteiger partial charge in [0.05, 0.1) is 0 Å². The number of aryl methyl sites for hydroxylation is 1. The Morgan fingerprint density at radius 2 is 1.94 bits per heavy atom. The third kappa shape index (κ3) is 3.15. The minimum atomic E-state index is -0.215. The predicted octanol–water partition coefficient (Wildman–Crippen LogP) is 2.88. The van der Waals surface area contributed by atoms with Gasteiger partial charge in [-0.1, -0.05) is 42.0 Å². The predicted molar refractivity (Wildman–Crippen MR) is 71.3 cm³/mol. The molecule has 0 saturated carbocycles. The van der Waals surface area contributed by atoms with Crippen LogP contribution in [0.25, 0.3) is 0 Å². The first kappa shape index (κ1) is 12.7. The second-order valence-corrected chi connectivity index (χ2v) is 4.47. The number of nitrogens with one attached hydrogen (secondary N) is 1. The highest BCUT2D eigenvalue weighted by molar-refractivity contribution is 5.27. The van der Waals surface area contributed by atoms with Crippen LogP contribution >= 0.6 is 0 Å². The molecule has 0 saturated heterocycles. The van der Waals surface area contributed by atoms with Gasteiger partial charge < -0.3 is 0 Å². The number of halogens is 1. The molecule has 1 unspecified atom stereocenters. The summed E-state index contributed by atoms with van der Waals surface area (Å²) in [7, 11) is 0. The van der Waals surface area contributed by atoms with E-state index in [4.69, 9.17) is 5.84 Å². The van der Waals surface area contributed by atoms with Gasteiger partial charge in [-0.15, -0.1) is 0 Å². The number of hydrogen-bond donors (Lipinski definition) is 2. The van der Waals surface area contributed by atoms with Gasteiger partial charge in [-0.05, 0) is 36.6 Å². The summed E-state index contributed by atoms with van der Waals surface area (Å²) in [6.07, 6.45) is 0.664. The number of benzene rings is 2. The topological polar surface area (TPSA) is 38.0 Å². The van der Waals surface area contributed by atoms with Crippen LogP contribution in [-0.2, 0) is 6.42 Å². The first-order valence-corrected chi connectivity index (χ1v) is 5.96. The molecule has 0 bridgehead atoms. The van der Waals surface area contributed by atoms with Crippen LogP contribution in [0, 0.1) is 12.7 Å². The van der Waals surface area contributed by atoms with E-state index < -0.39 is 0 Å². The Kier molecular flexibility index (Phi) is 4.07. The molecule has 2 rings (SSSR count). The van der Waals surface area contributed by atoms with E-state index >= 15 is 0 Å². The summed E-state index contributed by atoms with van der Waals surface area (Å²) in [6.45, 7) is 2.04. The highest BCUT2D eigenvalue weighted by atomic mass is 19.1. The highest BCUT2D eigenvalue weighted by Crippen LogP contribution is 2.19. The van der Waals surface area contributed by atoms with E-state index in [1.807, 2.05) is 31.2 Å². The van der Waals surface area contributed by atoms with E-state index in [2.05, 4.69) is 11.5 Å². The molecule has 18 heavy (non-hydrogen) atoms. The zero-order valence-corrected chi connectivity index (χ0v) is 10.4. The van der Waals surface area contributed by atoms with Crippen LogP contribution in [0.3, 0.4) is 0 Å². The lowest BCUT2D eigenvalue weighted by molar-refractivity contribution is 0.548. The molecule has 0 aliphatic heterocycles. The van der Waals surface area contributed by atoms with Crippen molar-refractivity contribution in [3.8, 4) is 0 Å². The molecule has 0 heterocycles. The van der Waals surface area contributed by atoms with Crippen molar-refractivity contribution in [2.45, 2.75) is 19.4 Å². The van der Waals surface area contributed by atoms with E-state index in [0.717, 1.165) is 11.1 Å². The summed E-state index contributed by atoms with van der Waals surface area (Å²) in [5.41, 5.74) is 6.02.